The first kappa shape index (κ1) is 16.6. The van der Waals surface area contributed by atoms with E-state index in [-0.39, 0.29) is 0 Å². The van der Waals surface area contributed by atoms with Crippen molar-refractivity contribution >= 4 is 15.9 Å². The third-order valence-corrected chi connectivity index (χ3v) is 5.08. The van der Waals surface area contributed by atoms with E-state index in [1.54, 1.807) is 14.2 Å². The largest absolute Gasteiger partial charge is 0.493 e. The van der Waals surface area contributed by atoms with Crippen molar-refractivity contribution in [3.8, 4) is 11.5 Å². The number of rotatable bonds is 6. The molecule has 4 heteroatoms. The number of hydrogen-bond donors (Lipinski definition) is 1. The van der Waals surface area contributed by atoms with Crippen LogP contribution < -0.4 is 14.8 Å². The number of benzene rings is 1. The Morgan fingerprint density at radius 1 is 1.19 bits per heavy atom. The number of methoxy groups -OCH3 is 2. The van der Waals surface area contributed by atoms with Crippen LogP contribution in [0.25, 0.3) is 0 Å². The molecule has 0 amide bonds. The fourth-order valence-electron chi connectivity index (χ4n) is 3.29. The predicted molar refractivity (Wildman–Crippen MR) is 90.1 cm³/mol. The second-order valence-corrected chi connectivity index (χ2v) is 6.61. The van der Waals surface area contributed by atoms with Crippen molar-refractivity contribution in [1.82, 2.24) is 5.32 Å². The van der Waals surface area contributed by atoms with Gasteiger partial charge in [0.05, 0.1) is 18.7 Å². The van der Waals surface area contributed by atoms with E-state index >= 15 is 0 Å². The minimum Gasteiger partial charge on any atom is -0.493 e. The predicted octanol–water partition coefficient (Wildman–Crippen LogP) is 4.52. The number of ether oxygens (including phenoxy) is 2. The molecule has 0 saturated heterocycles. The van der Waals surface area contributed by atoms with Gasteiger partial charge in [0.15, 0.2) is 11.5 Å². The summed E-state index contributed by atoms with van der Waals surface area (Å²) < 4.78 is 11.7. The summed E-state index contributed by atoms with van der Waals surface area (Å²) in [4.78, 5) is 0. The summed E-state index contributed by atoms with van der Waals surface area (Å²) >= 11 is 3.56. The van der Waals surface area contributed by atoms with Gasteiger partial charge in [-0.25, -0.2) is 0 Å². The molecule has 1 aromatic rings. The summed E-state index contributed by atoms with van der Waals surface area (Å²) in [7, 11) is 3.34. The molecule has 0 aromatic heterocycles. The molecule has 1 N–H and O–H groups in total. The van der Waals surface area contributed by atoms with Crippen molar-refractivity contribution in [2.75, 3.05) is 14.2 Å². The average molecular weight is 356 g/mol. The van der Waals surface area contributed by atoms with Crippen LogP contribution >= 0.6 is 15.9 Å². The standard InChI is InChI=1S/C17H26BrNO2/c1-4-13-7-5-6-8-15(13)19-11-12-9-14(18)17(21-3)16(10-12)20-2/h9-10,13,15,19H,4-8,11H2,1-3H3. The zero-order valence-corrected chi connectivity index (χ0v) is 14.8. The van der Waals surface area contributed by atoms with Crippen molar-refractivity contribution in [2.45, 2.75) is 51.6 Å². The summed E-state index contributed by atoms with van der Waals surface area (Å²) in [6.45, 7) is 3.18. The third kappa shape index (κ3) is 4.13. The molecular formula is C17H26BrNO2. The van der Waals surface area contributed by atoms with Crippen LogP contribution in [0, 0.1) is 5.92 Å². The number of nitrogens with one attached hydrogen (secondary N) is 1. The molecule has 1 aliphatic rings. The van der Waals surface area contributed by atoms with Crippen LogP contribution in [0.3, 0.4) is 0 Å². The maximum absolute atomic E-state index is 5.41. The molecule has 1 fully saturated rings. The van der Waals surface area contributed by atoms with Crippen LogP contribution in [-0.4, -0.2) is 20.3 Å². The van der Waals surface area contributed by atoms with E-state index in [1.165, 1.54) is 37.7 Å². The zero-order chi connectivity index (χ0) is 15.2. The van der Waals surface area contributed by atoms with Gasteiger partial charge in [-0.05, 0) is 52.4 Å². The first-order valence-corrected chi connectivity index (χ1v) is 8.62. The molecule has 0 spiro atoms. The zero-order valence-electron chi connectivity index (χ0n) is 13.2. The van der Waals surface area contributed by atoms with Crippen LogP contribution in [0.1, 0.15) is 44.6 Å². The van der Waals surface area contributed by atoms with Crippen LogP contribution in [-0.2, 0) is 6.54 Å². The first-order valence-electron chi connectivity index (χ1n) is 7.83. The van der Waals surface area contributed by atoms with Crippen molar-refractivity contribution in [3.05, 3.63) is 22.2 Å². The summed E-state index contributed by atoms with van der Waals surface area (Å²) in [5.74, 6) is 2.35. The van der Waals surface area contributed by atoms with E-state index in [4.69, 9.17) is 9.47 Å². The Morgan fingerprint density at radius 2 is 1.95 bits per heavy atom. The van der Waals surface area contributed by atoms with Gasteiger partial charge in [-0.15, -0.1) is 0 Å². The molecular weight excluding hydrogens is 330 g/mol. The van der Waals surface area contributed by atoms with E-state index in [1.807, 2.05) is 0 Å². The topological polar surface area (TPSA) is 30.5 Å². The molecule has 21 heavy (non-hydrogen) atoms. The van der Waals surface area contributed by atoms with Gasteiger partial charge in [0.25, 0.3) is 0 Å². The van der Waals surface area contributed by atoms with Crippen molar-refractivity contribution in [1.29, 1.82) is 0 Å². The van der Waals surface area contributed by atoms with Crippen molar-refractivity contribution in [2.24, 2.45) is 5.92 Å². The Labute approximate surface area is 136 Å². The molecule has 0 aliphatic heterocycles. The van der Waals surface area contributed by atoms with Crippen LogP contribution in [0.15, 0.2) is 16.6 Å². The van der Waals surface area contributed by atoms with Gasteiger partial charge < -0.3 is 14.8 Å². The Hall–Kier alpha value is -0.740. The van der Waals surface area contributed by atoms with E-state index in [9.17, 15) is 0 Å². The van der Waals surface area contributed by atoms with Gasteiger partial charge in [-0.1, -0.05) is 26.2 Å². The van der Waals surface area contributed by atoms with Gasteiger partial charge in [0, 0.05) is 12.6 Å². The number of halogens is 1. The summed E-state index contributed by atoms with van der Waals surface area (Å²) in [5.41, 5.74) is 1.22. The second kappa shape index (κ2) is 8.04. The van der Waals surface area contributed by atoms with E-state index < -0.39 is 0 Å². The number of hydrogen-bond acceptors (Lipinski definition) is 3. The summed E-state index contributed by atoms with van der Waals surface area (Å²) in [6, 6.07) is 4.81. The molecule has 1 aromatic carbocycles. The lowest BCUT2D eigenvalue weighted by atomic mass is 9.83. The first-order chi connectivity index (χ1) is 10.2. The molecule has 0 heterocycles. The molecule has 0 bridgehead atoms. The monoisotopic (exact) mass is 355 g/mol. The van der Waals surface area contributed by atoms with Gasteiger partial charge in [0.2, 0.25) is 0 Å². The van der Waals surface area contributed by atoms with Crippen LogP contribution in [0.5, 0.6) is 11.5 Å². The fourth-order valence-corrected chi connectivity index (χ4v) is 3.94. The second-order valence-electron chi connectivity index (χ2n) is 5.75. The van der Waals surface area contributed by atoms with Crippen molar-refractivity contribution in [3.63, 3.8) is 0 Å². The molecule has 2 unspecified atom stereocenters. The molecule has 118 valence electrons. The highest BCUT2D eigenvalue weighted by Gasteiger charge is 2.23. The van der Waals surface area contributed by atoms with Gasteiger partial charge in [-0.3, -0.25) is 0 Å². The maximum Gasteiger partial charge on any atom is 0.174 e. The van der Waals surface area contributed by atoms with Crippen LogP contribution in [0.2, 0.25) is 0 Å². The lowest BCUT2D eigenvalue weighted by Crippen LogP contribution is -2.37. The smallest absolute Gasteiger partial charge is 0.174 e. The Kier molecular flexibility index (Phi) is 6.37. The molecule has 3 nitrogen and oxygen atoms in total. The molecule has 2 atom stereocenters. The quantitative estimate of drug-likeness (QED) is 0.813. The highest BCUT2D eigenvalue weighted by Crippen LogP contribution is 2.36. The SMILES string of the molecule is CCC1CCCCC1NCc1cc(Br)c(OC)c(OC)c1. The third-order valence-electron chi connectivity index (χ3n) is 4.50. The Balaban J connectivity index is 2.04. The van der Waals surface area contributed by atoms with E-state index in [0.29, 0.717) is 6.04 Å². The highest BCUT2D eigenvalue weighted by molar-refractivity contribution is 9.10. The molecule has 1 saturated carbocycles. The van der Waals surface area contributed by atoms with Gasteiger partial charge >= 0.3 is 0 Å². The van der Waals surface area contributed by atoms with Crippen molar-refractivity contribution < 1.29 is 9.47 Å². The van der Waals surface area contributed by atoms with Crippen LogP contribution in [0.4, 0.5) is 0 Å². The average Bonchev–Trinajstić information content (AvgIpc) is 2.52. The lowest BCUT2D eigenvalue weighted by Gasteiger charge is -2.31. The molecule has 1 aliphatic carbocycles. The maximum atomic E-state index is 5.41. The molecule has 0 radical (unpaired) electrons. The minimum atomic E-state index is 0.649. The highest BCUT2D eigenvalue weighted by atomic mass is 79.9. The normalized spacial score (nSPS) is 22.1. The Bertz CT molecular complexity index is 464. The fraction of sp³-hybridized carbons (Fsp3) is 0.647. The Morgan fingerprint density at radius 3 is 2.62 bits per heavy atom. The summed E-state index contributed by atoms with van der Waals surface area (Å²) in [5, 5.41) is 3.74. The minimum absolute atomic E-state index is 0.649. The lowest BCUT2D eigenvalue weighted by molar-refractivity contribution is 0.254. The summed E-state index contributed by atoms with van der Waals surface area (Å²) in [6.07, 6.45) is 6.67. The molecule has 2 rings (SSSR count). The van der Waals surface area contributed by atoms with E-state index in [2.05, 4.69) is 40.3 Å². The van der Waals surface area contributed by atoms with Gasteiger partial charge in [0.1, 0.15) is 0 Å². The van der Waals surface area contributed by atoms with E-state index in [0.717, 1.165) is 28.4 Å². The van der Waals surface area contributed by atoms with Gasteiger partial charge in [-0.2, -0.15) is 0 Å².